The molecule has 2 unspecified atom stereocenters. The average molecular weight is 550 g/mol. The van der Waals surface area contributed by atoms with Crippen LogP contribution in [0.5, 0.6) is 0 Å². The smallest absolute Gasteiger partial charge is 0.444 e. The number of carbonyl (C=O) groups is 3. The first-order chi connectivity index (χ1) is 17.6. The number of hydrogen-bond donors (Lipinski definition) is 2. The van der Waals surface area contributed by atoms with Gasteiger partial charge in [-0.25, -0.2) is 4.79 Å². The van der Waals surface area contributed by atoms with Gasteiger partial charge >= 0.3 is 13.2 Å². The van der Waals surface area contributed by atoms with E-state index in [4.69, 9.17) is 14.0 Å². The summed E-state index contributed by atoms with van der Waals surface area (Å²) in [7, 11) is -0.329. The second kappa shape index (κ2) is 10.5. The van der Waals surface area contributed by atoms with Crippen molar-refractivity contribution in [3.8, 4) is 0 Å². The maximum absolute atomic E-state index is 14.0. The Hall–Kier alpha value is -1.81. The van der Waals surface area contributed by atoms with E-state index < -0.39 is 27.9 Å². The third-order valence-electron chi connectivity index (χ3n) is 8.88. The fourth-order valence-corrected chi connectivity index (χ4v) is 6.72. The maximum Gasteiger partial charge on any atom is 0.457 e. The molecule has 2 aliphatic heterocycles. The normalized spacial score (nSPS) is 31.7. The highest BCUT2D eigenvalue weighted by molar-refractivity contribution is 6.45. The molecule has 2 N–H and O–H groups in total. The summed E-state index contributed by atoms with van der Waals surface area (Å²) in [6.45, 7) is 23.6. The van der Waals surface area contributed by atoms with Gasteiger partial charge in [0.1, 0.15) is 11.1 Å². The molecule has 3 aliphatic rings. The summed E-state index contributed by atoms with van der Waals surface area (Å²) in [6.07, 6.45) is 2.28. The molecule has 3 amide bonds. The predicted molar refractivity (Wildman–Crippen MR) is 152 cm³/mol. The zero-order chi connectivity index (χ0) is 29.8. The minimum absolute atomic E-state index is 0.0355. The molecule has 2 saturated heterocycles. The molecule has 0 bridgehead atoms. The van der Waals surface area contributed by atoms with Crippen LogP contribution in [0.3, 0.4) is 0 Å². The monoisotopic (exact) mass is 549 g/mol. The fraction of sp³-hybridized carbons (Fsp3) is 0.897. The lowest BCUT2D eigenvalue weighted by Crippen LogP contribution is -2.64. The van der Waals surface area contributed by atoms with Gasteiger partial charge in [-0.05, 0) is 113 Å². The summed E-state index contributed by atoms with van der Waals surface area (Å²) in [5.74, 6) is -0.457. The quantitative estimate of drug-likeness (QED) is 0.472. The van der Waals surface area contributed by atoms with Crippen molar-refractivity contribution in [2.45, 2.75) is 143 Å². The van der Waals surface area contributed by atoms with Gasteiger partial charge in [0.05, 0.1) is 11.2 Å². The van der Waals surface area contributed by atoms with Crippen LogP contribution in [0.1, 0.15) is 102 Å². The van der Waals surface area contributed by atoms with Crippen LogP contribution in [-0.4, -0.2) is 70.4 Å². The molecule has 1 saturated carbocycles. The molecule has 0 aromatic carbocycles. The van der Waals surface area contributed by atoms with Crippen molar-refractivity contribution in [3.05, 3.63) is 0 Å². The van der Waals surface area contributed by atoms with Gasteiger partial charge < -0.3 is 29.6 Å². The number of ether oxygens (including phenoxy) is 1. The van der Waals surface area contributed by atoms with E-state index in [1.165, 1.54) is 6.92 Å². The average Bonchev–Trinajstić information content (AvgIpc) is 3.25. The Morgan fingerprint density at radius 2 is 1.59 bits per heavy atom. The molecule has 10 heteroatoms. The topological polar surface area (TPSA) is 106 Å². The number of fused-ring (bicyclic) bond motifs is 1. The highest BCUT2D eigenvalue weighted by Crippen LogP contribution is 2.53. The van der Waals surface area contributed by atoms with E-state index in [0.717, 1.165) is 6.42 Å². The van der Waals surface area contributed by atoms with Gasteiger partial charge in [-0.1, -0.05) is 6.42 Å². The van der Waals surface area contributed by atoms with Crippen LogP contribution in [0.25, 0.3) is 0 Å². The van der Waals surface area contributed by atoms with Crippen molar-refractivity contribution in [2.24, 2.45) is 17.8 Å². The molecule has 9 nitrogen and oxygen atoms in total. The van der Waals surface area contributed by atoms with E-state index in [2.05, 4.69) is 10.6 Å². The Balaban J connectivity index is 1.89. The Morgan fingerprint density at radius 3 is 2.08 bits per heavy atom. The number of hydrogen-bond acceptors (Lipinski definition) is 6. The van der Waals surface area contributed by atoms with Gasteiger partial charge in [0.2, 0.25) is 11.8 Å². The van der Waals surface area contributed by atoms with E-state index in [0.29, 0.717) is 25.7 Å². The summed E-state index contributed by atoms with van der Waals surface area (Å²) in [5, 5.41) is 6.27. The van der Waals surface area contributed by atoms with E-state index in [-0.39, 0.29) is 48.8 Å². The van der Waals surface area contributed by atoms with Crippen molar-refractivity contribution in [3.63, 3.8) is 0 Å². The lowest BCUT2D eigenvalue weighted by molar-refractivity contribution is -0.136. The molecule has 222 valence electrons. The van der Waals surface area contributed by atoms with Crippen LogP contribution < -0.4 is 10.6 Å². The van der Waals surface area contributed by atoms with Gasteiger partial charge in [0.15, 0.2) is 0 Å². The SMILES string of the molecule is CC(=O)NC1(C(=O)NC(C)(C)C)C[C@H]2CN(C(=O)OC(C)(C)C)[C@@H](C)C2[C@@H]1CCCB1OC(C)(C)C(C)(C)O1. The van der Waals surface area contributed by atoms with Gasteiger partial charge in [0.25, 0.3) is 0 Å². The van der Waals surface area contributed by atoms with Crippen molar-refractivity contribution < 1.29 is 28.4 Å². The maximum atomic E-state index is 14.0. The van der Waals surface area contributed by atoms with Gasteiger partial charge in [0, 0.05) is 25.0 Å². The van der Waals surface area contributed by atoms with E-state index >= 15 is 0 Å². The standard InChI is InChI=1S/C29H52BN3O6/c1-18-22-20(17-33(18)24(36)37-26(6,7)8)16-29(31-19(2)34,23(35)32-25(3,4)5)21(22)14-13-15-30-38-27(9,10)28(11,12)39-30/h18,20-22H,13-17H2,1-12H3,(H,31,34)(H,32,35)/t18-,20-,21-,22?,29?/m0/s1. The molecule has 0 aromatic heterocycles. The summed E-state index contributed by atoms with van der Waals surface area (Å²) in [6, 6.07) is -0.134. The lowest BCUT2D eigenvalue weighted by atomic mass is 9.73. The number of likely N-dealkylation sites (tertiary alicyclic amines) is 1. The molecule has 0 aromatic rings. The molecule has 3 fully saturated rings. The molecule has 5 atom stereocenters. The first-order valence-electron chi connectivity index (χ1n) is 14.6. The van der Waals surface area contributed by atoms with Crippen LogP contribution in [0.15, 0.2) is 0 Å². The molecular formula is C29H52BN3O6. The zero-order valence-corrected chi connectivity index (χ0v) is 26.3. The molecular weight excluding hydrogens is 497 g/mol. The molecule has 0 spiro atoms. The van der Waals surface area contributed by atoms with Crippen molar-refractivity contribution in [1.82, 2.24) is 15.5 Å². The van der Waals surface area contributed by atoms with Crippen LogP contribution in [0, 0.1) is 17.8 Å². The third kappa shape index (κ3) is 6.75. The van der Waals surface area contributed by atoms with Crippen LogP contribution >= 0.6 is 0 Å². The number of nitrogens with zero attached hydrogens (tertiary/aromatic N) is 1. The molecule has 0 radical (unpaired) electrons. The second-order valence-electron chi connectivity index (χ2n) is 15.0. The highest BCUT2D eigenvalue weighted by Gasteiger charge is 2.63. The highest BCUT2D eigenvalue weighted by atomic mass is 16.7. The Morgan fingerprint density at radius 1 is 1.03 bits per heavy atom. The molecule has 1 aliphatic carbocycles. The van der Waals surface area contributed by atoms with E-state index in [1.54, 1.807) is 4.90 Å². The van der Waals surface area contributed by atoms with Crippen LogP contribution in [0.2, 0.25) is 6.32 Å². The van der Waals surface area contributed by atoms with Crippen molar-refractivity contribution >= 4 is 25.0 Å². The Labute approximate surface area is 236 Å². The molecule has 39 heavy (non-hydrogen) atoms. The first-order valence-corrected chi connectivity index (χ1v) is 14.6. The van der Waals surface area contributed by atoms with Gasteiger partial charge in [-0.2, -0.15) is 0 Å². The number of amides is 3. The lowest BCUT2D eigenvalue weighted by Gasteiger charge is -2.41. The van der Waals surface area contributed by atoms with Crippen LogP contribution in [-0.2, 0) is 23.6 Å². The number of rotatable bonds is 6. The summed E-state index contributed by atoms with van der Waals surface area (Å²) < 4.78 is 18.2. The predicted octanol–water partition coefficient (Wildman–Crippen LogP) is 4.54. The summed E-state index contributed by atoms with van der Waals surface area (Å²) in [4.78, 5) is 41.4. The minimum atomic E-state index is -1.06. The minimum Gasteiger partial charge on any atom is -0.444 e. The van der Waals surface area contributed by atoms with E-state index in [1.807, 2.05) is 76.2 Å². The number of carbonyl (C=O) groups excluding carboxylic acids is 3. The van der Waals surface area contributed by atoms with Crippen LogP contribution in [0.4, 0.5) is 4.79 Å². The summed E-state index contributed by atoms with van der Waals surface area (Å²) in [5.41, 5.74) is -2.92. The summed E-state index contributed by atoms with van der Waals surface area (Å²) >= 11 is 0. The van der Waals surface area contributed by atoms with Crippen molar-refractivity contribution in [2.75, 3.05) is 6.54 Å². The molecule has 2 heterocycles. The largest absolute Gasteiger partial charge is 0.457 e. The third-order valence-corrected chi connectivity index (χ3v) is 8.88. The van der Waals surface area contributed by atoms with Gasteiger partial charge in [-0.3, -0.25) is 9.59 Å². The first kappa shape index (κ1) is 31.7. The zero-order valence-electron chi connectivity index (χ0n) is 26.3. The Kier molecular flexibility index (Phi) is 8.58. The number of nitrogens with one attached hydrogen (secondary N) is 2. The molecule has 3 rings (SSSR count). The fourth-order valence-electron chi connectivity index (χ4n) is 6.72. The Bertz CT molecular complexity index is 940. The second-order valence-corrected chi connectivity index (χ2v) is 15.0. The van der Waals surface area contributed by atoms with Crippen molar-refractivity contribution in [1.29, 1.82) is 0 Å². The van der Waals surface area contributed by atoms with Gasteiger partial charge in [-0.15, -0.1) is 0 Å². The van der Waals surface area contributed by atoms with E-state index in [9.17, 15) is 14.4 Å².